The van der Waals surface area contributed by atoms with E-state index in [1.165, 1.54) is 10.9 Å². The van der Waals surface area contributed by atoms with E-state index in [1.807, 2.05) is 24.3 Å². The Morgan fingerprint density at radius 1 is 1.23 bits per heavy atom. The van der Waals surface area contributed by atoms with E-state index in [-0.39, 0.29) is 18.5 Å². The number of rotatable bonds is 3. The zero-order valence-electron chi connectivity index (χ0n) is 16.6. The smallest absolute Gasteiger partial charge is 0.332 e. The predicted octanol–water partition coefficient (Wildman–Crippen LogP) is 1.41. The molecule has 0 N–H and O–H groups in total. The van der Waals surface area contributed by atoms with Crippen LogP contribution in [-0.4, -0.2) is 41.0 Å². The van der Waals surface area contributed by atoms with Gasteiger partial charge in [0.25, 0.3) is 5.56 Å². The molecule has 1 saturated heterocycles. The number of nitrogens with zero attached hydrogens (tertiary/aromatic N) is 6. The summed E-state index contributed by atoms with van der Waals surface area (Å²) in [5.41, 5.74) is 0.481. The van der Waals surface area contributed by atoms with Crippen LogP contribution in [0.1, 0.15) is 23.9 Å². The third kappa shape index (κ3) is 2.78. The molecule has 1 amide bonds. The molecule has 1 fully saturated rings. The number of aromatic nitrogens is 5. The van der Waals surface area contributed by atoms with E-state index in [0.29, 0.717) is 17.7 Å². The maximum absolute atomic E-state index is 13.2. The molecule has 0 spiro atoms. The molecule has 30 heavy (non-hydrogen) atoms. The quantitative estimate of drug-likeness (QED) is 0.496. The molecule has 1 aromatic carbocycles. The predicted molar refractivity (Wildman–Crippen MR) is 114 cm³/mol. The molecule has 1 aliphatic heterocycles. The molecule has 0 saturated carbocycles. The second-order valence-electron chi connectivity index (χ2n) is 7.53. The first-order valence-electron chi connectivity index (χ1n) is 9.71. The van der Waals surface area contributed by atoms with Crippen LogP contribution in [0.25, 0.3) is 21.4 Å². The second kappa shape index (κ2) is 6.91. The number of carbonyl (C=O) groups excluding carboxylic acids is 1. The lowest BCUT2D eigenvalue weighted by atomic mass is 10.2. The first-order valence-corrected chi connectivity index (χ1v) is 10.5. The monoisotopic (exact) mass is 424 g/mol. The minimum atomic E-state index is -0.546. The molecule has 4 aromatic rings. The van der Waals surface area contributed by atoms with Gasteiger partial charge in [0.2, 0.25) is 5.91 Å². The maximum Gasteiger partial charge on any atom is 0.332 e. The zero-order chi connectivity index (χ0) is 21.0. The molecule has 154 valence electrons. The van der Waals surface area contributed by atoms with Crippen molar-refractivity contribution in [3.63, 3.8) is 0 Å². The number of benzene rings is 1. The van der Waals surface area contributed by atoms with Crippen LogP contribution in [0.15, 0.2) is 40.2 Å². The van der Waals surface area contributed by atoms with Crippen molar-refractivity contribution in [2.75, 3.05) is 6.54 Å². The molecule has 0 radical (unpaired) electrons. The third-order valence-electron chi connectivity index (χ3n) is 5.66. The molecule has 5 rings (SSSR count). The Bertz CT molecular complexity index is 1380. The number of aryl methyl sites for hydroxylation is 2. The number of hydrogen-bond acceptors (Lipinski definition) is 6. The molecular formula is C20H20N6O3S. The highest BCUT2D eigenvalue weighted by molar-refractivity contribution is 7.18. The molecule has 4 heterocycles. The van der Waals surface area contributed by atoms with Crippen LogP contribution in [0, 0.1) is 0 Å². The van der Waals surface area contributed by atoms with Gasteiger partial charge in [-0.25, -0.2) is 19.3 Å². The molecule has 9 nitrogen and oxygen atoms in total. The van der Waals surface area contributed by atoms with Crippen molar-refractivity contribution in [1.29, 1.82) is 0 Å². The number of carbonyl (C=O) groups is 1. The van der Waals surface area contributed by atoms with Crippen LogP contribution < -0.4 is 11.2 Å². The van der Waals surface area contributed by atoms with Gasteiger partial charge in [-0.05, 0) is 25.0 Å². The molecule has 0 bridgehead atoms. The Hall–Kier alpha value is -3.27. The second-order valence-corrected chi connectivity index (χ2v) is 8.59. The van der Waals surface area contributed by atoms with Crippen molar-refractivity contribution in [3.05, 3.63) is 56.4 Å². The standard InChI is InChI=1S/C20H20N6O3S/c1-23-11-21-17-16(23)19(28)26(20(29)24(17)2)10-15(27)25-9-5-7-13(25)18-22-12-6-3-4-8-14(12)30-18/h3-4,6,8,11,13H,5,7,9-10H2,1-2H3/t13-/m1/s1. The summed E-state index contributed by atoms with van der Waals surface area (Å²) in [6.45, 7) is 0.288. The molecule has 1 aliphatic rings. The van der Waals surface area contributed by atoms with E-state index in [1.54, 1.807) is 34.9 Å². The fraction of sp³-hybridized carbons (Fsp3) is 0.350. The molecular weight excluding hydrogens is 404 g/mol. The van der Waals surface area contributed by atoms with E-state index in [0.717, 1.165) is 32.6 Å². The largest absolute Gasteiger partial charge is 0.332 e. The maximum atomic E-state index is 13.2. The minimum Gasteiger partial charge on any atom is -0.332 e. The molecule has 0 unspecified atom stereocenters. The summed E-state index contributed by atoms with van der Waals surface area (Å²) in [5.74, 6) is -0.252. The molecule has 0 aliphatic carbocycles. The minimum absolute atomic E-state index is 0.130. The Balaban J connectivity index is 1.50. The number of imidazole rings is 1. The van der Waals surface area contributed by atoms with Gasteiger partial charge in [-0.1, -0.05) is 12.1 Å². The average Bonchev–Trinajstić information content (AvgIpc) is 3.46. The van der Waals surface area contributed by atoms with Crippen LogP contribution in [0.5, 0.6) is 0 Å². The number of likely N-dealkylation sites (tertiary alicyclic amines) is 1. The van der Waals surface area contributed by atoms with Gasteiger partial charge in [0, 0.05) is 20.6 Å². The molecule has 1 atom stereocenters. The summed E-state index contributed by atoms with van der Waals surface area (Å²) in [6, 6.07) is 7.76. The van der Waals surface area contributed by atoms with Crippen molar-refractivity contribution in [3.8, 4) is 0 Å². The van der Waals surface area contributed by atoms with Crippen molar-refractivity contribution in [1.82, 2.24) is 28.6 Å². The third-order valence-corrected chi connectivity index (χ3v) is 6.80. The van der Waals surface area contributed by atoms with E-state index in [2.05, 4.69) is 4.98 Å². The van der Waals surface area contributed by atoms with Crippen molar-refractivity contribution < 1.29 is 4.79 Å². The molecule has 10 heteroatoms. The van der Waals surface area contributed by atoms with E-state index < -0.39 is 11.2 Å². The van der Waals surface area contributed by atoms with Crippen molar-refractivity contribution in [2.24, 2.45) is 14.1 Å². The van der Waals surface area contributed by atoms with Gasteiger partial charge >= 0.3 is 5.69 Å². The Kier molecular flexibility index (Phi) is 4.31. The van der Waals surface area contributed by atoms with Gasteiger partial charge in [0.05, 0.1) is 22.6 Å². The van der Waals surface area contributed by atoms with Crippen LogP contribution in [0.3, 0.4) is 0 Å². The summed E-state index contributed by atoms with van der Waals surface area (Å²) < 4.78 is 4.95. The lowest BCUT2D eigenvalue weighted by molar-refractivity contribution is -0.132. The van der Waals surface area contributed by atoms with Crippen LogP contribution in [0.2, 0.25) is 0 Å². The highest BCUT2D eigenvalue weighted by Gasteiger charge is 2.33. The fourth-order valence-corrected chi connectivity index (χ4v) is 5.23. The SMILES string of the molecule is Cn1cnc2c1c(=O)n(CC(=O)N1CCC[C@@H]1c1nc3ccccc3s1)c(=O)n2C. The zero-order valence-corrected chi connectivity index (χ0v) is 17.4. The van der Waals surface area contributed by atoms with Crippen molar-refractivity contribution >= 4 is 38.6 Å². The Labute approximate surface area is 174 Å². The topological polar surface area (TPSA) is 95.0 Å². The van der Waals surface area contributed by atoms with Gasteiger partial charge < -0.3 is 9.47 Å². The van der Waals surface area contributed by atoms with Crippen LogP contribution >= 0.6 is 11.3 Å². The summed E-state index contributed by atoms with van der Waals surface area (Å²) >= 11 is 1.58. The average molecular weight is 424 g/mol. The van der Waals surface area contributed by atoms with Crippen LogP contribution in [-0.2, 0) is 25.4 Å². The number of fused-ring (bicyclic) bond motifs is 2. The Morgan fingerprint density at radius 3 is 2.83 bits per heavy atom. The fourth-order valence-electron chi connectivity index (χ4n) is 4.12. The summed E-state index contributed by atoms with van der Waals surface area (Å²) in [4.78, 5) is 49.4. The van der Waals surface area contributed by atoms with Gasteiger partial charge in [0.15, 0.2) is 11.2 Å². The van der Waals surface area contributed by atoms with Gasteiger partial charge in [-0.15, -0.1) is 11.3 Å². The first kappa shape index (κ1) is 18.7. The van der Waals surface area contributed by atoms with Crippen molar-refractivity contribution in [2.45, 2.75) is 25.4 Å². The highest BCUT2D eigenvalue weighted by Crippen LogP contribution is 2.36. The lowest BCUT2D eigenvalue weighted by Gasteiger charge is -2.23. The summed E-state index contributed by atoms with van der Waals surface area (Å²) in [7, 11) is 3.24. The number of para-hydroxylation sites is 1. The van der Waals surface area contributed by atoms with Gasteiger partial charge in [0.1, 0.15) is 11.6 Å². The summed E-state index contributed by atoms with van der Waals surface area (Å²) in [6.07, 6.45) is 3.17. The van der Waals surface area contributed by atoms with E-state index in [9.17, 15) is 14.4 Å². The van der Waals surface area contributed by atoms with Gasteiger partial charge in [-0.3, -0.25) is 14.2 Å². The van der Waals surface area contributed by atoms with Crippen LogP contribution in [0.4, 0.5) is 0 Å². The molecule has 3 aromatic heterocycles. The summed E-state index contributed by atoms with van der Waals surface area (Å²) in [5, 5.41) is 0.893. The van der Waals surface area contributed by atoms with Gasteiger partial charge in [-0.2, -0.15) is 0 Å². The number of thiazole rings is 1. The van der Waals surface area contributed by atoms with E-state index in [4.69, 9.17) is 4.98 Å². The number of hydrogen-bond donors (Lipinski definition) is 0. The first-order chi connectivity index (χ1) is 14.5. The normalized spacial score (nSPS) is 16.7. The number of amides is 1. The highest BCUT2D eigenvalue weighted by atomic mass is 32.1. The Morgan fingerprint density at radius 2 is 2.03 bits per heavy atom. The van der Waals surface area contributed by atoms with E-state index >= 15 is 0 Å². The lowest BCUT2D eigenvalue weighted by Crippen LogP contribution is -2.44.